The molecule has 2 aliphatic heterocycles. The Balaban J connectivity index is 1.48. The number of methoxy groups -OCH3 is 1. The van der Waals surface area contributed by atoms with E-state index < -0.39 is 24.1 Å². The van der Waals surface area contributed by atoms with Crippen LogP contribution in [-0.4, -0.2) is 65.1 Å². The van der Waals surface area contributed by atoms with Gasteiger partial charge in [-0.05, 0) is 62.1 Å². The van der Waals surface area contributed by atoms with Gasteiger partial charge in [-0.2, -0.15) is 13.9 Å². The first-order chi connectivity index (χ1) is 21.6. The topological polar surface area (TPSA) is 77.3 Å². The molecule has 0 radical (unpaired) electrons. The maximum Gasteiger partial charge on any atom is 0.302 e. The molecule has 12 heteroatoms. The number of fused-ring (bicyclic) bond motifs is 3. The van der Waals surface area contributed by atoms with Crippen molar-refractivity contribution < 1.29 is 27.0 Å². The standard InChI is InChI=1S/C33H34F4N6O2/c1-18-26-14-25(41-43(26)8-7-38-18)31-28(29-24(35)12-21(34)13-27(29)45-10-9-44-3)22-5-4-6-23(22)30(40-31)19-11-20-16-42(2)17-33(36,37)32(20)39-15-19/h11-15,18,38H,4-10,16-17H2,1-3H3. The zero-order valence-electron chi connectivity index (χ0n) is 25.4. The molecule has 1 aromatic carbocycles. The van der Waals surface area contributed by atoms with Crippen LogP contribution in [0.5, 0.6) is 5.75 Å². The van der Waals surface area contributed by atoms with E-state index in [1.54, 1.807) is 18.0 Å². The number of hydrogen-bond acceptors (Lipinski definition) is 7. The van der Waals surface area contributed by atoms with Gasteiger partial charge in [-0.1, -0.05) is 0 Å². The minimum Gasteiger partial charge on any atom is -0.490 e. The molecule has 0 spiro atoms. The summed E-state index contributed by atoms with van der Waals surface area (Å²) in [6.07, 6.45) is 3.51. The van der Waals surface area contributed by atoms with Crippen molar-refractivity contribution in [2.24, 2.45) is 0 Å². The second-order valence-corrected chi connectivity index (χ2v) is 12.1. The molecule has 4 aromatic rings. The summed E-state index contributed by atoms with van der Waals surface area (Å²) < 4.78 is 73.2. The maximum atomic E-state index is 16.0. The van der Waals surface area contributed by atoms with E-state index >= 15 is 4.39 Å². The number of hydrogen-bond donors (Lipinski definition) is 1. The molecule has 5 heterocycles. The molecule has 1 unspecified atom stereocenters. The fourth-order valence-corrected chi connectivity index (χ4v) is 6.91. The molecule has 1 N–H and O–H groups in total. The van der Waals surface area contributed by atoms with Crippen LogP contribution in [0.1, 0.15) is 47.5 Å². The van der Waals surface area contributed by atoms with Gasteiger partial charge in [-0.3, -0.25) is 14.6 Å². The van der Waals surface area contributed by atoms with Crippen LogP contribution in [0.25, 0.3) is 33.8 Å². The molecule has 236 valence electrons. The van der Waals surface area contributed by atoms with Gasteiger partial charge in [0, 0.05) is 55.7 Å². The Morgan fingerprint density at radius 3 is 2.67 bits per heavy atom. The lowest BCUT2D eigenvalue weighted by atomic mass is 9.90. The first-order valence-electron chi connectivity index (χ1n) is 15.2. The molecule has 0 bridgehead atoms. The first kappa shape index (κ1) is 29.8. The molecular weight excluding hydrogens is 588 g/mol. The summed E-state index contributed by atoms with van der Waals surface area (Å²) in [5.41, 5.74) is 5.72. The number of nitrogens with zero attached hydrogens (tertiary/aromatic N) is 5. The van der Waals surface area contributed by atoms with Crippen molar-refractivity contribution in [3.05, 3.63) is 70.2 Å². The smallest absolute Gasteiger partial charge is 0.302 e. The highest BCUT2D eigenvalue weighted by atomic mass is 19.3. The van der Waals surface area contributed by atoms with E-state index in [4.69, 9.17) is 19.6 Å². The van der Waals surface area contributed by atoms with E-state index in [2.05, 4.69) is 10.3 Å². The van der Waals surface area contributed by atoms with Crippen molar-refractivity contribution in [3.8, 4) is 39.5 Å². The predicted octanol–water partition coefficient (Wildman–Crippen LogP) is 5.67. The van der Waals surface area contributed by atoms with Crippen molar-refractivity contribution in [1.29, 1.82) is 0 Å². The van der Waals surface area contributed by atoms with E-state index in [1.165, 1.54) is 19.4 Å². The number of likely N-dealkylation sites (N-methyl/N-ethyl adjacent to an activating group) is 1. The normalized spacial score (nSPS) is 18.9. The SMILES string of the molecule is COCCOc1cc(F)cc(F)c1-c1c(-c2cc3n(n2)CCNC3C)nc(-c2cnc3c(c2)CN(C)CC3(F)F)c2c1CCC2. The average Bonchev–Trinajstić information content (AvgIpc) is 3.65. The van der Waals surface area contributed by atoms with Crippen LogP contribution < -0.4 is 10.1 Å². The van der Waals surface area contributed by atoms with Crippen LogP contribution in [-0.2, 0) is 36.6 Å². The number of halogens is 4. The largest absolute Gasteiger partial charge is 0.490 e. The van der Waals surface area contributed by atoms with Gasteiger partial charge in [0.2, 0.25) is 0 Å². The molecule has 7 rings (SSSR count). The monoisotopic (exact) mass is 622 g/mol. The van der Waals surface area contributed by atoms with Crippen LogP contribution in [0, 0.1) is 11.6 Å². The summed E-state index contributed by atoms with van der Waals surface area (Å²) in [5, 5.41) is 8.34. The third-order valence-corrected chi connectivity index (χ3v) is 8.85. The maximum absolute atomic E-state index is 16.0. The highest BCUT2D eigenvalue weighted by Crippen LogP contribution is 2.47. The Kier molecular flexibility index (Phi) is 7.61. The van der Waals surface area contributed by atoms with Gasteiger partial charge in [0.15, 0.2) is 0 Å². The molecule has 45 heavy (non-hydrogen) atoms. The molecule has 0 saturated heterocycles. The minimum absolute atomic E-state index is 0.0383. The zero-order chi connectivity index (χ0) is 31.5. The van der Waals surface area contributed by atoms with Crippen LogP contribution >= 0.6 is 0 Å². The van der Waals surface area contributed by atoms with Crippen molar-refractivity contribution in [2.75, 3.05) is 40.5 Å². The lowest BCUT2D eigenvalue weighted by Gasteiger charge is -2.31. The van der Waals surface area contributed by atoms with Gasteiger partial charge < -0.3 is 14.8 Å². The van der Waals surface area contributed by atoms with Gasteiger partial charge >= 0.3 is 5.92 Å². The third kappa shape index (κ3) is 5.28. The first-order valence-corrected chi connectivity index (χ1v) is 15.2. The Hall–Kier alpha value is -3.87. The third-order valence-electron chi connectivity index (χ3n) is 8.85. The molecule has 1 aliphatic carbocycles. The van der Waals surface area contributed by atoms with E-state index in [-0.39, 0.29) is 36.3 Å². The lowest BCUT2D eigenvalue weighted by Crippen LogP contribution is -2.38. The summed E-state index contributed by atoms with van der Waals surface area (Å²) in [7, 11) is 3.18. The summed E-state index contributed by atoms with van der Waals surface area (Å²) in [6.45, 7) is 3.71. The predicted molar refractivity (Wildman–Crippen MR) is 160 cm³/mol. The zero-order valence-corrected chi connectivity index (χ0v) is 25.4. The van der Waals surface area contributed by atoms with Crippen molar-refractivity contribution in [2.45, 2.75) is 51.2 Å². The second kappa shape index (κ2) is 11.5. The number of alkyl halides is 2. The molecular formula is C33H34F4N6O2. The van der Waals surface area contributed by atoms with Gasteiger partial charge in [0.1, 0.15) is 35.4 Å². The number of ether oxygens (including phenoxy) is 2. The van der Waals surface area contributed by atoms with E-state index in [1.807, 2.05) is 17.7 Å². The Bertz CT molecular complexity index is 1790. The highest BCUT2D eigenvalue weighted by molar-refractivity contribution is 5.89. The molecule has 1 atom stereocenters. The Morgan fingerprint density at radius 2 is 1.87 bits per heavy atom. The van der Waals surface area contributed by atoms with Gasteiger partial charge in [0.25, 0.3) is 0 Å². The van der Waals surface area contributed by atoms with Crippen LogP contribution in [0.15, 0.2) is 30.5 Å². The van der Waals surface area contributed by atoms with Crippen molar-refractivity contribution in [1.82, 2.24) is 30.0 Å². The summed E-state index contributed by atoms with van der Waals surface area (Å²) in [5.74, 6) is -4.54. The molecule has 0 fully saturated rings. The molecule has 3 aliphatic rings. The fourth-order valence-electron chi connectivity index (χ4n) is 6.91. The van der Waals surface area contributed by atoms with Crippen LogP contribution in [0.3, 0.4) is 0 Å². The lowest BCUT2D eigenvalue weighted by molar-refractivity contribution is -0.0497. The quantitative estimate of drug-likeness (QED) is 0.210. The number of aromatic nitrogens is 4. The van der Waals surface area contributed by atoms with Gasteiger partial charge in [0.05, 0.1) is 42.3 Å². The van der Waals surface area contributed by atoms with Crippen LogP contribution in [0.2, 0.25) is 0 Å². The summed E-state index contributed by atoms with van der Waals surface area (Å²) >= 11 is 0. The Morgan fingerprint density at radius 1 is 1.04 bits per heavy atom. The average molecular weight is 623 g/mol. The van der Waals surface area contributed by atoms with Gasteiger partial charge in [-0.15, -0.1) is 0 Å². The minimum atomic E-state index is -3.06. The Labute approximate surface area is 258 Å². The number of pyridine rings is 2. The summed E-state index contributed by atoms with van der Waals surface area (Å²) in [6, 6.07) is 5.77. The molecule has 0 amide bonds. The van der Waals surface area contributed by atoms with Crippen molar-refractivity contribution in [3.63, 3.8) is 0 Å². The molecule has 8 nitrogen and oxygen atoms in total. The number of benzene rings is 1. The van der Waals surface area contributed by atoms with E-state index in [0.29, 0.717) is 59.7 Å². The number of rotatable bonds is 7. The van der Waals surface area contributed by atoms with E-state index in [9.17, 15) is 13.2 Å². The van der Waals surface area contributed by atoms with Crippen molar-refractivity contribution >= 4 is 0 Å². The number of nitrogens with one attached hydrogen (secondary N) is 1. The highest BCUT2D eigenvalue weighted by Gasteiger charge is 2.41. The van der Waals surface area contributed by atoms with Crippen LogP contribution in [0.4, 0.5) is 17.6 Å². The van der Waals surface area contributed by atoms with Gasteiger partial charge in [-0.25, -0.2) is 13.8 Å². The molecule has 0 saturated carbocycles. The second-order valence-electron chi connectivity index (χ2n) is 12.1. The van der Waals surface area contributed by atoms with E-state index in [0.717, 1.165) is 35.9 Å². The fraction of sp³-hybridized carbons (Fsp3) is 0.424. The summed E-state index contributed by atoms with van der Waals surface area (Å²) in [4.78, 5) is 11.0. The molecule has 3 aromatic heterocycles.